The van der Waals surface area contributed by atoms with Gasteiger partial charge in [0.1, 0.15) is 6.10 Å². The number of hydrogen-bond donors (Lipinski definition) is 0. The number of carbonyl (C=O) groups excluding carboxylic acids is 3. The number of hydrogen-bond acceptors (Lipinski definition) is 6. The van der Waals surface area contributed by atoms with Gasteiger partial charge in [-0.25, -0.2) is 9.59 Å². The Hall–Kier alpha value is -2.21. The first-order chi connectivity index (χ1) is 14.3. The molecule has 170 valence electrons. The second-order valence-corrected chi connectivity index (χ2v) is 9.88. The third-order valence-corrected chi connectivity index (χ3v) is 7.39. The summed E-state index contributed by atoms with van der Waals surface area (Å²) in [6.45, 7) is 14.8. The SMILES string of the molecule is CC=C(C)C(=O)OC1C=C(C)C2CC(=O)C(C)=CC2C(C)(C)C1OC(=O)C1(C)OC1C. The number of allylic oxidation sites excluding steroid dienone is 4. The van der Waals surface area contributed by atoms with Crippen LogP contribution in [0.3, 0.4) is 0 Å². The molecule has 0 aromatic carbocycles. The third-order valence-electron chi connectivity index (χ3n) is 7.39. The highest BCUT2D eigenvalue weighted by molar-refractivity contribution is 5.96. The van der Waals surface area contributed by atoms with Crippen molar-refractivity contribution in [2.75, 3.05) is 0 Å². The zero-order valence-electron chi connectivity index (χ0n) is 19.8. The first-order valence-electron chi connectivity index (χ1n) is 11.0. The van der Waals surface area contributed by atoms with E-state index in [4.69, 9.17) is 14.2 Å². The van der Waals surface area contributed by atoms with Gasteiger partial charge in [-0.2, -0.15) is 0 Å². The summed E-state index contributed by atoms with van der Waals surface area (Å²) in [6.07, 6.45) is 4.21. The summed E-state index contributed by atoms with van der Waals surface area (Å²) in [6, 6.07) is 0. The minimum Gasteiger partial charge on any atom is -0.455 e. The summed E-state index contributed by atoms with van der Waals surface area (Å²) in [4.78, 5) is 38.1. The molecule has 1 fully saturated rings. The second-order valence-electron chi connectivity index (χ2n) is 9.88. The van der Waals surface area contributed by atoms with Crippen LogP contribution >= 0.6 is 0 Å². The molecule has 0 bridgehead atoms. The van der Waals surface area contributed by atoms with Gasteiger partial charge in [-0.05, 0) is 65.0 Å². The predicted molar refractivity (Wildman–Crippen MR) is 116 cm³/mol. The highest BCUT2D eigenvalue weighted by atomic mass is 16.7. The van der Waals surface area contributed by atoms with E-state index in [0.29, 0.717) is 12.0 Å². The Kier molecular flexibility index (Phi) is 6.09. The lowest BCUT2D eigenvalue weighted by Gasteiger charge is -2.44. The zero-order valence-corrected chi connectivity index (χ0v) is 19.8. The van der Waals surface area contributed by atoms with Crippen molar-refractivity contribution in [1.82, 2.24) is 0 Å². The maximum Gasteiger partial charge on any atom is 0.341 e. The highest BCUT2D eigenvalue weighted by Gasteiger charge is 2.59. The first-order valence-corrected chi connectivity index (χ1v) is 11.0. The van der Waals surface area contributed by atoms with Gasteiger partial charge >= 0.3 is 11.9 Å². The van der Waals surface area contributed by atoms with E-state index in [1.54, 1.807) is 26.8 Å². The maximum absolute atomic E-state index is 13.0. The van der Waals surface area contributed by atoms with Crippen LogP contribution in [-0.4, -0.2) is 41.6 Å². The van der Waals surface area contributed by atoms with E-state index in [2.05, 4.69) is 0 Å². The summed E-state index contributed by atoms with van der Waals surface area (Å²) < 4.78 is 17.4. The van der Waals surface area contributed by atoms with Crippen LogP contribution in [0.2, 0.25) is 0 Å². The number of Topliss-reactive ketones (excluding diaryl/α,β-unsaturated/α-hetero) is 1. The lowest BCUT2D eigenvalue weighted by atomic mass is 9.63. The molecule has 0 radical (unpaired) electrons. The van der Waals surface area contributed by atoms with Crippen molar-refractivity contribution in [2.24, 2.45) is 17.3 Å². The highest BCUT2D eigenvalue weighted by Crippen LogP contribution is 2.50. The fraction of sp³-hybridized carbons (Fsp3) is 0.640. The molecule has 31 heavy (non-hydrogen) atoms. The van der Waals surface area contributed by atoms with E-state index in [9.17, 15) is 14.4 Å². The lowest BCUT2D eigenvalue weighted by molar-refractivity contribution is -0.178. The summed E-state index contributed by atoms with van der Waals surface area (Å²) >= 11 is 0. The van der Waals surface area contributed by atoms with Crippen LogP contribution in [0.25, 0.3) is 0 Å². The van der Waals surface area contributed by atoms with Gasteiger partial charge in [0.25, 0.3) is 0 Å². The van der Waals surface area contributed by atoms with Crippen LogP contribution < -0.4 is 0 Å². The van der Waals surface area contributed by atoms with Crippen molar-refractivity contribution in [3.63, 3.8) is 0 Å². The Labute approximate surface area is 184 Å². The Morgan fingerprint density at radius 3 is 2.32 bits per heavy atom. The van der Waals surface area contributed by atoms with Gasteiger partial charge in [-0.1, -0.05) is 31.6 Å². The summed E-state index contributed by atoms with van der Waals surface area (Å²) in [5, 5.41) is 0. The number of carbonyl (C=O) groups is 3. The molecule has 2 aliphatic carbocycles. The van der Waals surface area contributed by atoms with Gasteiger partial charge in [0.05, 0.1) is 6.10 Å². The van der Waals surface area contributed by atoms with Crippen LogP contribution in [-0.2, 0) is 28.6 Å². The number of esters is 2. The molecule has 3 rings (SSSR count). The van der Waals surface area contributed by atoms with Gasteiger partial charge in [0.15, 0.2) is 17.5 Å². The zero-order chi connectivity index (χ0) is 23.3. The van der Waals surface area contributed by atoms with E-state index in [1.807, 2.05) is 46.8 Å². The van der Waals surface area contributed by atoms with Gasteiger partial charge in [0, 0.05) is 17.4 Å². The Morgan fingerprint density at radius 2 is 1.77 bits per heavy atom. The van der Waals surface area contributed by atoms with Gasteiger partial charge < -0.3 is 14.2 Å². The lowest BCUT2D eigenvalue weighted by Crippen LogP contribution is -2.50. The molecule has 3 aliphatic rings. The molecule has 6 atom stereocenters. The molecule has 0 spiro atoms. The first kappa shape index (κ1) is 23.5. The van der Waals surface area contributed by atoms with Crippen LogP contribution in [0.5, 0.6) is 0 Å². The van der Waals surface area contributed by atoms with Gasteiger partial charge in [-0.15, -0.1) is 0 Å². The summed E-state index contributed by atoms with van der Waals surface area (Å²) in [5.74, 6) is -0.879. The Balaban J connectivity index is 2.05. The summed E-state index contributed by atoms with van der Waals surface area (Å²) in [7, 11) is 0. The minimum atomic E-state index is -0.984. The van der Waals surface area contributed by atoms with E-state index in [1.165, 1.54) is 0 Å². The second kappa shape index (κ2) is 8.05. The number of rotatable bonds is 4. The van der Waals surface area contributed by atoms with E-state index >= 15 is 0 Å². The van der Waals surface area contributed by atoms with E-state index in [-0.39, 0.29) is 23.7 Å². The quantitative estimate of drug-likeness (QED) is 0.289. The number of ether oxygens (including phenoxy) is 3. The number of fused-ring (bicyclic) bond motifs is 1. The van der Waals surface area contributed by atoms with Crippen molar-refractivity contribution >= 4 is 17.7 Å². The van der Waals surface area contributed by atoms with Crippen LogP contribution in [0.4, 0.5) is 0 Å². The van der Waals surface area contributed by atoms with Crippen molar-refractivity contribution in [3.05, 3.63) is 34.9 Å². The minimum absolute atomic E-state index is 0.0365. The van der Waals surface area contributed by atoms with Crippen molar-refractivity contribution in [3.8, 4) is 0 Å². The van der Waals surface area contributed by atoms with Crippen molar-refractivity contribution in [1.29, 1.82) is 0 Å². The Bertz CT molecular complexity index is 892. The van der Waals surface area contributed by atoms with E-state index in [0.717, 1.165) is 11.1 Å². The topological polar surface area (TPSA) is 82.2 Å². The average molecular weight is 431 g/mol. The smallest absolute Gasteiger partial charge is 0.341 e. The standard InChI is InChI=1S/C25H34O6/c1-9-13(2)22(27)29-20-11-14(3)17-12-19(26)15(4)10-18(17)24(6,7)21(20)30-23(28)25(8)16(5)31-25/h9-11,16-18,20-21H,12H2,1-8H3. The number of epoxide rings is 1. The average Bonchev–Trinajstić information content (AvgIpc) is 3.34. The third kappa shape index (κ3) is 4.14. The fourth-order valence-electron chi connectivity index (χ4n) is 4.66. The van der Waals surface area contributed by atoms with Crippen molar-refractivity contribution in [2.45, 2.75) is 85.7 Å². The summed E-state index contributed by atoms with van der Waals surface area (Å²) in [5.41, 5.74) is 0.584. The van der Waals surface area contributed by atoms with Crippen LogP contribution in [0, 0.1) is 17.3 Å². The Morgan fingerprint density at radius 1 is 1.16 bits per heavy atom. The largest absolute Gasteiger partial charge is 0.455 e. The molecule has 0 amide bonds. The predicted octanol–water partition coefficient (Wildman–Crippen LogP) is 4.09. The molecule has 0 saturated carbocycles. The molecular formula is C25H34O6. The molecule has 6 nitrogen and oxygen atoms in total. The molecule has 1 heterocycles. The molecule has 6 heteroatoms. The maximum atomic E-state index is 13.0. The van der Waals surface area contributed by atoms with Crippen molar-refractivity contribution < 1.29 is 28.6 Å². The van der Waals surface area contributed by atoms with Crippen LogP contribution in [0.15, 0.2) is 34.9 Å². The molecule has 0 aromatic heterocycles. The molecule has 1 aliphatic heterocycles. The monoisotopic (exact) mass is 430 g/mol. The normalized spacial score (nSPS) is 37.1. The molecular weight excluding hydrogens is 396 g/mol. The fourth-order valence-corrected chi connectivity index (χ4v) is 4.66. The van der Waals surface area contributed by atoms with E-state index < -0.39 is 35.2 Å². The van der Waals surface area contributed by atoms with Gasteiger partial charge in [0.2, 0.25) is 0 Å². The molecule has 0 aromatic rings. The number of ketones is 1. The molecule has 6 unspecified atom stereocenters. The molecule has 1 saturated heterocycles. The van der Waals surface area contributed by atoms with Crippen LogP contribution in [0.1, 0.15) is 61.8 Å². The van der Waals surface area contributed by atoms with Gasteiger partial charge in [-0.3, -0.25) is 4.79 Å². The molecule has 0 N–H and O–H groups in total.